The molecular weight excluding hydrogens is 412 g/mol. The number of hydrogen-bond acceptors (Lipinski definition) is 1. The minimum absolute atomic E-state index is 0. The fraction of sp³-hybridized carbons (Fsp3) is 0.167. The largest absolute Gasteiger partial charge is 1.00 e. The monoisotopic (exact) mass is 434 g/mol. The Labute approximate surface area is 176 Å². The Balaban J connectivity index is 0.00000225. The summed E-state index contributed by atoms with van der Waals surface area (Å²) >= 11 is 0. The zero-order valence-electron chi connectivity index (χ0n) is 16.3. The van der Waals surface area contributed by atoms with Crippen molar-refractivity contribution in [3.8, 4) is 5.69 Å². The van der Waals surface area contributed by atoms with E-state index in [2.05, 4.69) is 43.5 Å². The minimum Gasteiger partial charge on any atom is -1.00 e. The molecule has 0 fully saturated rings. The molecule has 1 aromatic heterocycles. The molecule has 0 aliphatic heterocycles. The van der Waals surface area contributed by atoms with Crippen molar-refractivity contribution in [2.24, 2.45) is 0 Å². The molecule has 3 aromatic carbocycles. The maximum atomic E-state index is 12.8. The van der Waals surface area contributed by atoms with Gasteiger partial charge >= 0.3 is 0 Å². The predicted octanol–water partition coefficient (Wildman–Crippen LogP) is 1.73. The van der Waals surface area contributed by atoms with Crippen molar-refractivity contribution >= 4 is 16.6 Å². The smallest absolute Gasteiger partial charge is 0.249 e. The average Bonchev–Trinajstić information content (AvgIpc) is 3.08. The van der Waals surface area contributed by atoms with Crippen molar-refractivity contribution in [1.82, 2.24) is 4.57 Å². The van der Waals surface area contributed by atoms with Crippen molar-refractivity contribution in [1.29, 1.82) is 0 Å². The van der Waals surface area contributed by atoms with E-state index >= 15 is 0 Å². The second-order valence-corrected chi connectivity index (χ2v) is 7.23. The number of halogens is 1. The van der Waals surface area contributed by atoms with Gasteiger partial charge in [-0.25, -0.2) is 9.13 Å². The molecule has 0 radical (unpaired) electrons. The van der Waals surface area contributed by atoms with Crippen LogP contribution >= 0.6 is 0 Å². The Kier molecular flexibility index (Phi) is 5.80. The molecule has 0 spiro atoms. The number of rotatable bonds is 4. The summed E-state index contributed by atoms with van der Waals surface area (Å²) in [4.78, 5) is 12.8. The third-order valence-electron chi connectivity index (χ3n) is 4.98. The molecule has 142 valence electrons. The zero-order valence-corrected chi connectivity index (χ0v) is 17.9. The number of ketones is 1. The summed E-state index contributed by atoms with van der Waals surface area (Å²) in [5.74, 6) is 0.112. The second kappa shape index (κ2) is 8.11. The number of nitrogens with zero attached hydrogens (tertiary/aromatic N) is 2. The normalized spacial score (nSPS) is 10.7. The summed E-state index contributed by atoms with van der Waals surface area (Å²) < 4.78 is 4.04. The molecule has 0 aliphatic carbocycles. The summed E-state index contributed by atoms with van der Waals surface area (Å²) in [7, 11) is 0. The van der Waals surface area contributed by atoms with Gasteiger partial charge in [-0.3, -0.25) is 4.79 Å². The van der Waals surface area contributed by atoms with Crippen LogP contribution in [0.4, 0.5) is 0 Å². The molecule has 4 aromatic rings. The molecule has 3 nitrogen and oxygen atoms in total. The summed E-state index contributed by atoms with van der Waals surface area (Å²) in [6, 6.07) is 18.4. The number of carbonyl (C=O) groups excluding carboxylic acids is 1. The highest BCUT2D eigenvalue weighted by Gasteiger charge is 2.15. The van der Waals surface area contributed by atoms with Crippen LogP contribution in [0.1, 0.15) is 27.0 Å². The van der Waals surface area contributed by atoms with Crippen molar-refractivity contribution in [2.45, 2.75) is 27.3 Å². The SMILES string of the molecule is Cc1cc(C)c(-n2cc[n+](CC(=O)c3ccc4ccccc4c3)c2)c(C)c1.[Br-]. The number of benzene rings is 3. The number of carbonyl (C=O) groups is 1. The highest BCUT2D eigenvalue weighted by atomic mass is 79.9. The van der Waals surface area contributed by atoms with Gasteiger partial charge < -0.3 is 17.0 Å². The highest BCUT2D eigenvalue weighted by Crippen LogP contribution is 2.20. The molecule has 0 saturated heterocycles. The Morgan fingerprint density at radius 2 is 1.61 bits per heavy atom. The highest BCUT2D eigenvalue weighted by molar-refractivity contribution is 5.99. The van der Waals surface area contributed by atoms with Crippen LogP contribution in [0.25, 0.3) is 16.5 Å². The molecule has 0 unspecified atom stereocenters. The van der Waals surface area contributed by atoms with E-state index in [1.54, 1.807) is 0 Å². The molecule has 0 N–H and O–H groups in total. The molecular formula is C24H23BrN2O. The summed E-state index contributed by atoms with van der Waals surface area (Å²) in [6.07, 6.45) is 5.96. The van der Waals surface area contributed by atoms with Gasteiger partial charge in [0.1, 0.15) is 18.1 Å². The molecule has 0 saturated carbocycles. The maximum Gasteiger partial charge on any atom is 0.249 e. The first kappa shape index (κ1) is 20.0. The third-order valence-corrected chi connectivity index (χ3v) is 4.98. The average molecular weight is 435 g/mol. The van der Waals surface area contributed by atoms with Crippen LogP contribution in [0.3, 0.4) is 0 Å². The fourth-order valence-electron chi connectivity index (χ4n) is 3.82. The van der Waals surface area contributed by atoms with Crippen molar-refractivity contribution in [3.63, 3.8) is 0 Å². The van der Waals surface area contributed by atoms with E-state index in [4.69, 9.17) is 0 Å². The van der Waals surface area contributed by atoms with Crippen LogP contribution in [-0.4, -0.2) is 10.4 Å². The van der Waals surface area contributed by atoms with Crippen LogP contribution in [0.2, 0.25) is 0 Å². The van der Waals surface area contributed by atoms with Gasteiger partial charge in [0.15, 0.2) is 6.54 Å². The molecule has 0 aliphatic rings. The van der Waals surface area contributed by atoms with E-state index in [1.807, 2.05) is 59.7 Å². The Hall–Kier alpha value is -2.72. The van der Waals surface area contributed by atoms with Gasteiger partial charge in [0.25, 0.3) is 0 Å². The number of aryl methyl sites for hydroxylation is 3. The Morgan fingerprint density at radius 1 is 0.929 bits per heavy atom. The third kappa shape index (κ3) is 3.92. The van der Waals surface area contributed by atoms with Crippen LogP contribution in [-0.2, 0) is 6.54 Å². The predicted molar refractivity (Wildman–Crippen MR) is 108 cm³/mol. The first-order chi connectivity index (χ1) is 13.0. The van der Waals surface area contributed by atoms with Crippen LogP contribution in [0.15, 0.2) is 73.3 Å². The molecule has 0 bridgehead atoms. The number of hydrogen-bond donors (Lipinski definition) is 0. The summed E-state index contributed by atoms with van der Waals surface area (Å²) in [6.45, 7) is 6.69. The van der Waals surface area contributed by atoms with Crippen LogP contribution in [0, 0.1) is 20.8 Å². The van der Waals surface area contributed by atoms with Crippen molar-refractivity contribution in [3.05, 3.63) is 95.6 Å². The van der Waals surface area contributed by atoms with Gasteiger partial charge in [0, 0.05) is 5.56 Å². The Morgan fingerprint density at radius 3 is 2.32 bits per heavy atom. The lowest BCUT2D eigenvalue weighted by Gasteiger charge is -2.07. The zero-order chi connectivity index (χ0) is 19.0. The standard InChI is InChI=1S/C24H23N2O.BrH/c1-17-12-18(2)24(19(3)13-17)26-11-10-25(16-26)15-23(27)22-9-8-20-6-4-5-7-21(20)14-22;/h4-14,16H,15H2,1-3H3;1H/q+1;/p-1. The number of imidazole rings is 1. The van der Waals surface area contributed by atoms with Gasteiger partial charge in [-0.15, -0.1) is 0 Å². The van der Waals surface area contributed by atoms with Gasteiger partial charge in [0.2, 0.25) is 12.1 Å². The van der Waals surface area contributed by atoms with Gasteiger partial charge in [0.05, 0.1) is 0 Å². The van der Waals surface area contributed by atoms with Gasteiger partial charge in [-0.1, -0.05) is 54.1 Å². The van der Waals surface area contributed by atoms with Crippen LogP contribution < -0.4 is 21.5 Å². The number of aromatic nitrogens is 2. The molecule has 4 heteroatoms. The minimum atomic E-state index is 0. The van der Waals surface area contributed by atoms with Crippen LogP contribution in [0.5, 0.6) is 0 Å². The summed E-state index contributed by atoms with van der Waals surface area (Å²) in [5.41, 5.74) is 5.65. The van der Waals surface area contributed by atoms with E-state index in [1.165, 1.54) is 22.4 Å². The lowest BCUT2D eigenvalue weighted by atomic mass is 10.0. The number of Topliss-reactive ketones (excluding diaryl/α,β-unsaturated/α-hetero) is 1. The lowest BCUT2D eigenvalue weighted by molar-refractivity contribution is -0.682. The van der Waals surface area contributed by atoms with Gasteiger partial charge in [-0.05, 0) is 48.7 Å². The fourth-order valence-corrected chi connectivity index (χ4v) is 3.82. The molecule has 0 atom stereocenters. The van der Waals surface area contributed by atoms with Crippen molar-refractivity contribution < 1.29 is 26.3 Å². The number of fused-ring (bicyclic) bond motifs is 1. The first-order valence-corrected chi connectivity index (χ1v) is 9.18. The molecule has 1 heterocycles. The molecule has 0 amide bonds. The summed E-state index contributed by atoms with van der Waals surface area (Å²) in [5, 5.41) is 2.25. The van der Waals surface area contributed by atoms with E-state index in [0.29, 0.717) is 6.54 Å². The van der Waals surface area contributed by atoms with E-state index in [-0.39, 0.29) is 22.8 Å². The quantitative estimate of drug-likeness (QED) is 0.354. The topological polar surface area (TPSA) is 25.9 Å². The van der Waals surface area contributed by atoms with E-state index < -0.39 is 0 Å². The first-order valence-electron chi connectivity index (χ1n) is 9.18. The van der Waals surface area contributed by atoms with Crippen molar-refractivity contribution in [2.75, 3.05) is 0 Å². The van der Waals surface area contributed by atoms with Gasteiger partial charge in [-0.2, -0.15) is 0 Å². The van der Waals surface area contributed by atoms with E-state index in [9.17, 15) is 4.79 Å². The molecule has 28 heavy (non-hydrogen) atoms. The Bertz CT molecular complexity index is 1140. The maximum absolute atomic E-state index is 12.8. The van der Waals surface area contributed by atoms with E-state index in [0.717, 1.165) is 16.3 Å². The second-order valence-electron chi connectivity index (χ2n) is 7.23. The molecule has 4 rings (SSSR count). The lowest BCUT2D eigenvalue weighted by Crippen LogP contribution is -3.00.